The number of nitrogens with zero attached hydrogens (tertiary/aromatic N) is 1. The first kappa shape index (κ1) is 15.1. The fourth-order valence-electron chi connectivity index (χ4n) is 3.14. The van der Waals surface area contributed by atoms with Crippen molar-refractivity contribution in [3.63, 3.8) is 0 Å². The molecule has 1 heterocycles. The van der Waals surface area contributed by atoms with Crippen LogP contribution in [0.2, 0.25) is 0 Å². The number of carbonyl (C=O) groups excluding carboxylic acids is 2. The van der Waals surface area contributed by atoms with Crippen LogP contribution < -0.4 is 5.32 Å². The Bertz CT molecular complexity index is 414. The molecule has 2 aliphatic rings. The first-order chi connectivity index (χ1) is 9.74. The second-order valence-electron chi connectivity index (χ2n) is 5.63. The Morgan fingerprint density at radius 3 is 2.55 bits per heavy atom. The minimum absolute atomic E-state index is 0.000903. The van der Waals surface area contributed by atoms with Crippen molar-refractivity contribution in [2.45, 2.75) is 70.4 Å². The molecule has 0 aromatic carbocycles. The standard InChI is InChI=1S/C16H24N2O2/c1-2-3-8-11-17-14-12-15(19)18(16(14)20)13-9-6-4-5-7-10-13/h13-14,17H,4-12H2,1H3. The van der Waals surface area contributed by atoms with Crippen molar-refractivity contribution in [1.29, 1.82) is 0 Å². The van der Waals surface area contributed by atoms with Crippen molar-refractivity contribution in [2.24, 2.45) is 0 Å². The van der Waals surface area contributed by atoms with Crippen LogP contribution in [0.15, 0.2) is 0 Å². The molecule has 0 bridgehead atoms. The minimum Gasteiger partial charge on any atom is -0.304 e. The lowest BCUT2D eigenvalue weighted by Gasteiger charge is -2.25. The SMILES string of the molecule is CC#CCCNC1CC(=O)N(C2CCCCCC2)C1=O. The number of nitrogens with one attached hydrogen (secondary N) is 1. The highest BCUT2D eigenvalue weighted by Gasteiger charge is 2.41. The minimum atomic E-state index is -0.329. The number of amides is 2. The Labute approximate surface area is 121 Å². The molecule has 0 aromatic heterocycles. The van der Waals surface area contributed by atoms with Crippen LogP contribution in [0.3, 0.4) is 0 Å². The highest BCUT2D eigenvalue weighted by atomic mass is 16.2. The third-order valence-electron chi connectivity index (χ3n) is 4.19. The van der Waals surface area contributed by atoms with E-state index in [1.165, 1.54) is 12.8 Å². The van der Waals surface area contributed by atoms with Crippen LogP contribution >= 0.6 is 0 Å². The van der Waals surface area contributed by atoms with E-state index in [-0.39, 0.29) is 23.9 Å². The van der Waals surface area contributed by atoms with Gasteiger partial charge in [-0.25, -0.2) is 0 Å². The van der Waals surface area contributed by atoms with Crippen molar-refractivity contribution in [3.05, 3.63) is 0 Å². The molecular formula is C16H24N2O2. The number of hydrogen-bond acceptors (Lipinski definition) is 3. The predicted octanol–water partition coefficient (Wildman–Crippen LogP) is 1.84. The van der Waals surface area contributed by atoms with Crippen LogP contribution in [0, 0.1) is 11.8 Å². The lowest BCUT2D eigenvalue weighted by Crippen LogP contribution is -2.44. The van der Waals surface area contributed by atoms with Gasteiger partial charge in [0.2, 0.25) is 11.8 Å². The van der Waals surface area contributed by atoms with Crippen molar-refractivity contribution in [3.8, 4) is 11.8 Å². The lowest BCUT2D eigenvalue weighted by atomic mass is 10.1. The van der Waals surface area contributed by atoms with Crippen molar-refractivity contribution in [2.75, 3.05) is 6.54 Å². The van der Waals surface area contributed by atoms with E-state index < -0.39 is 0 Å². The van der Waals surface area contributed by atoms with Gasteiger partial charge in [0, 0.05) is 19.0 Å². The fourth-order valence-corrected chi connectivity index (χ4v) is 3.14. The summed E-state index contributed by atoms with van der Waals surface area (Å²) in [6.45, 7) is 2.47. The summed E-state index contributed by atoms with van der Waals surface area (Å²) < 4.78 is 0. The molecule has 2 amide bonds. The number of hydrogen-bond donors (Lipinski definition) is 1. The molecule has 4 nitrogen and oxygen atoms in total. The quantitative estimate of drug-likeness (QED) is 0.369. The van der Waals surface area contributed by atoms with Gasteiger partial charge in [0.05, 0.1) is 12.5 Å². The van der Waals surface area contributed by atoms with Gasteiger partial charge in [0.25, 0.3) is 0 Å². The summed E-state index contributed by atoms with van der Waals surface area (Å²) in [6.07, 6.45) is 7.70. The highest BCUT2D eigenvalue weighted by Crippen LogP contribution is 2.26. The Kier molecular flexibility index (Phi) is 5.60. The lowest BCUT2D eigenvalue weighted by molar-refractivity contribution is -0.141. The Morgan fingerprint density at radius 2 is 1.90 bits per heavy atom. The van der Waals surface area contributed by atoms with E-state index in [2.05, 4.69) is 17.2 Å². The molecule has 1 saturated carbocycles. The Morgan fingerprint density at radius 1 is 1.20 bits per heavy atom. The summed E-state index contributed by atoms with van der Waals surface area (Å²) in [7, 11) is 0. The predicted molar refractivity (Wildman–Crippen MR) is 77.8 cm³/mol. The molecule has 1 saturated heterocycles. The van der Waals surface area contributed by atoms with E-state index in [0.717, 1.165) is 32.1 Å². The number of carbonyl (C=O) groups is 2. The molecule has 2 rings (SSSR count). The van der Waals surface area contributed by atoms with E-state index in [1.54, 1.807) is 11.8 Å². The van der Waals surface area contributed by atoms with Gasteiger partial charge >= 0.3 is 0 Å². The van der Waals surface area contributed by atoms with Gasteiger partial charge in [0.15, 0.2) is 0 Å². The molecule has 4 heteroatoms. The zero-order valence-electron chi connectivity index (χ0n) is 12.3. The smallest absolute Gasteiger partial charge is 0.247 e. The Hall–Kier alpha value is -1.34. The van der Waals surface area contributed by atoms with Crippen LogP contribution in [0.4, 0.5) is 0 Å². The van der Waals surface area contributed by atoms with Gasteiger partial charge in [-0.3, -0.25) is 14.5 Å². The maximum atomic E-state index is 12.4. The van der Waals surface area contributed by atoms with E-state index in [0.29, 0.717) is 13.0 Å². The monoisotopic (exact) mass is 276 g/mol. The fraction of sp³-hybridized carbons (Fsp3) is 0.750. The van der Waals surface area contributed by atoms with E-state index >= 15 is 0 Å². The number of imide groups is 1. The maximum Gasteiger partial charge on any atom is 0.247 e. The average Bonchev–Trinajstić information content (AvgIpc) is 2.63. The highest BCUT2D eigenvalue weighted by molar-refractivity contribution is 6.05. The van der Waals surface area contributed by atoms with Crippen LogP contribution in [-0.2, 0) is 9.59 Å². The normalized spacial score (nSPS) is 24.4. The van der Waals surface area contributed by atoms with Gasteiger partial charge in [0.1, 0.15) is 0 Å². The van der Waals surface area contributed by atoms with Gasteiger partial charge in [-0.2, -0.15) is 0 Å². The molecule has 1 unspecified atom stereocenters. The van der Waals surface area contributed by atoms with E-state index in [9.17, 15) is 9.59 Å². The van der Waals surface area contributed by atoms with Crippen LogP contribution in [-0.4, -0.2) is 35.3 Å². The molecule has 1 aliphatic carbocycles. The molecule has 1 aliphatic heterocycles. The summed E-state index contributed by atoms with van der Waals surface area (Å²) in [5, 5.41) is 3.17. The third-order valence-corrected chi connectivity index (χ3v) is 4.19. The summed E-state index contributed by atoms with van der Waals surface area (Å²) in [6, 6.07) is -0.191. The van der Waals surface area contributed by atoms with E-state index in [4.69, 9.17) is 0 Å². The molecule has 0 spiro atoms. The van der Waals surface area contributed by atoms with Gasteiger partial charge in [-0.15, -0.1) is 11.8 Å². The molecule has 0 aromatic rings. The zero-order valence-corrected chi connectivity index (χ0v) is 12.3. The van der Waals surface area contributed by atoms with Crippen LogP contribution in [0.1, 0.15) is 58.3 Å². The first-order valence-corrected chi connectivity index (χ1v) is 7.73. The molecule has 1 N–H and O–H groups in total. The van der Waals surface area contributed by atoms with Gasteiger partial charge < -0.3 is 5.32 Å². The topological polar surface area (TPSA) is 49.4 Å². The molecule has 20 heavy (non-hydrogen) atoms. The maximum absolute atomic E-state index is 12.4. The first-order valence-electron chi connectivity index (χ1n) is 7.73. The number of rotatable bonds is 4. The summed E-state index contributed by atoms with van der Waals surface area (Å²) in [4.78, 5) is 26.1. The molecule has 1 atom stereocenters. The Balaban J connectivity index is 1.91. The molecule has 110 valence electrons. The molecule has 2 fully saturated rings. The van der Waals surface area contributed by atoms with Crippen molar-refractivity contribution < 1.29 is 9.59 Å². The van der Waals surface area contributed by atoms with E-state index in [1.807, 2.05) is 0 Å². The van der Waals surface area contributed by atoms with Crippen LogP contribution in [0.5, 0.6) is 0 Å². The summed E-state index contributed by atoms with van der Waals surface area (Å²) in [5.41, 5.74) is 0. The van der Waals surface area contributed by atoms with Crippen molar-refractivity contribution >= 4 is 11.8 Å². The third kappa shape index (κ3) is 3.61. The van der Waals surface area contributed by atoms with Crippen molar-refractivity contribution in [1.82, 2.24) is 10.2 Å². The van der Waals surface area contributed by atoms with Crippen LogP contribution in [0.25, 0.3) is 0 Å². The largest absolute Gasteiger partial charge is 0.304 e. The molecule has 0 radical (unpaired) electrons. The molecular weight excluding hydrogens is 252 g/mol. The summed E-state index contributed by atoms with van der Waals surface area (Å²) in [5.74, 6) is 5.77. The second kappa shape index (κ2) is 7.44. The second-order valence-corrected chi connectivity index (χ2v) is 5.63. The summed E-state index contributed by atoms with van der Waals surface area (Å²) >= 11 is 0. The zero-order chi connectivity index (χ0) is 14.4. The number of likely N-dealkylation sites (tertiary alicyclic amines) is 1. The van der Waals surface area contributed by atoms with Gasteiger partial charge in [-0.1, -0.05) is 25.7 Å². The average molecular weight is 276 g/mol. The van der Waals surface area contributed by atoms with Gasteiger partial charge in [-0.05, 0) is 19.8 Å².